The van der Waals surface area contributed by atoms with Crippen molar-refractivity contribution in [2.24, 2.45) is 5.92 Å². The van der Waals surface area contributed by atoms with Crippen LogP contribution in [-0.2, 0) is 0 Å². The number of anilines is 1. The first-order valence-electron chi connectivity index (χ1n) is 6.13. The summed E-state index contributed by atoms with van der Waals surface area (Å²) in [5.74, 6) is 2.11. The van der Waals surface area contributed by atoms with Crippen molar-refractivity contribution < 1.29 is 0 Å². The molecule has 0 radical (unpaired) electrons. The predicted molar refractivity (Wildman–Crippen MR) is 76.3 cm³/mol. The van der Waals surface area contributed by atoms with Crippen LogP contribution in [0.4, 0.5) is 5.69 Å². The summed E-state index contributed by atoms with van der Waals surface area (Å²) in [5.41, 5.74) is 1.22. The quantitative estimate of drug-likeness (QED) is 0.760. The van der Waals surface area contributed by atoms with Crippen molar-refractivity contribution in [3.8, 4) is 0 Å². The zero-order valence-electron chi connectivity index (χ0n) is 10.6. The van der Waals surface area contributed by atoms with E-state index in [-0.39, 0.29) is 0 Å². The zero-order chi connectivity index (χ0) is 11.8. The molecule has 0 fully saturated rings. The molecule has 0 heterocycles. The van der Waals surface area contributed by atoms with Gasteiger partial charge in [0, 0.05) is 17.5 Å². The maximum atomic E-state index is 3.47. The molecule has 0 aliphatic carbocycles. The lowest BCUT2D eigenvalue weighted by Gasteiger charge is -2.15. The molecule has 90 valence electrons. The highest BCUT2D eigenvalue weighted by atomic mass is 32.2. The monoisotopic (exact) mass is 237 g/mol. The van der Waals surface area contributed by atoms with Crippen LogP contribution in [0.2, 0.25) is 0 Å². The summed E-state index contributed by atoms with van der Waals surface area (Å²) in [6, 6.07) is 10.4. The van der Waals surface area contributed by atoms with Crippen molar-refractivity contribution in [3.05, 3.63) is 30.3 Å². The van der Waals surface area contributed by atoms with Gasteiger partial charge >= 0.3 is 0 Å². The first-order valence-corrected chi connectivity index (χ1v) is 7.17. The van der Waals surface area contributed by atoms with Gasteiger partial charge in [0.2, 0.25) is 0 Å². The largest absolute Gasteiger partial charge is 0.384 e. The van der Waals surface area contributed by atoms with Gasteiger partial charge in [0.25, 0.3) is 0 Å². The van der Waals surface area contributed by atoms with Gasteiger partial charge < -0.3 is 5.32 Å². The molecule has 1 N–H and O–H groups in total. The van der Waals surface area contributed by atoms with Gasteiger partial charge in [-0.3, -0.25) is 0 Å². The number of thioether (sulfide) groups is 1. The average Bonchev–Trinajstić information content (AvgIpc) is 2.34. The summed E-state index contributed by atoms with van der Waals surface area (Å²) in [6.07, 6.45) is 1.28. The summed E-state index contributed by atoms with van der Waals surface area (Å²) in [7, 11) is 0. The number of hydrogen-bond donors (Lipinski definition) is 1. The normalized spacial score (nSPS) is 14.4. The number of nitrogens with one attached hydrogen (secondary N) is 1. The van der Waals surface area contributed by atoms with E-state index in [2.05, 4.69) is 62.1 Å². The Balaban J connectivity index is 2.18. The minimum absolute atomic E-state index is 0.675. The molecule has 0 aliphatic heterocycles. The minimum atomic E-state index is 0.675. The van der Waals surface area contributed by atoms with E-state index in [1.54, 1.807) is 0 Å². The third kappa shape index (κ3) is 5.45. The Hall–Kier alpha value is -0.630. The zero-order valence-corrected chi connectivity index (χ0v) is 11.4. The lowest BCUT2D eigenvalue weighted by atomic mass is 10.2. The molecular weight excluding hydrogens is 214 g/mol. The van der Waals surface area contributed by atoms with Crippen molar-refractivity contribution in [2.75, 3.05) is 17.6 Å². The molecule has 1 aromatic rings. The van der Waals surface area contributed by atoms with Crippen LogP contribution < -0.4 is 5.32 Å². The number of rotatable bonds is 7. The average molecular weight is 237 g/mol. The number of para-hydroxylation sites is 1. The molecule has 0 amide bonds. The first-order chi connectivity index (χ1) is 7.72. The molecule has 16 heavy (non-hydrogen) atoms. The Bertz CT molecular complexity index is 273. The molecule has 1 nitrogen and oxygen atoms in total. The van der Waals surface area contributed by atoms with Crippen molar-refractivity contribution in [1.29, 1.82) is 0 Å². The van der Waals surface area contributed by atoms with Crippen LogP contribution in [0.5, 0.6) is 0 Å². The van der Waals surface area contributed by atoms with Gasteiger partial charge in [0.15, 0.2) is 0 Å². The molecule has 0 saturated carbocycles. The van der Waals surface area contributed by atoms with Gasteiger partial charge in [-0.05, 0) is 23.8 Å². The summed E-state index contributed by atoms with van der Waals surface area (Å²) in [5, 5.41) is 4.14. The fraction of sp³-hybridized carbons (Fsp3) is 0.571. The molecule has 0 spiro atoms. The third-order valence-electron chi connectivity index (χ3n) is 2.73. The molecule has 1 rings (SSSR count). The van der Waals surface area contributed by atoms with E-state index in [1.807, 2.05) is 6.07 Å². The third-order valence-corrected chi connectivity index (χ3v) is 4.23. The molecule has 0 aromatic heterocycles. The number of benzene rings is 1. The molecule has 2 atom stereocenters. The summed E-state index contributed by atoms with van der Waals surface area (Å²) >= 11 is 2.07. The van der Waals surface area contributed by atoms with Crippen molar-refractivity contribution in [1.82, 2.24) is 0 Å². The van der Waals surface area contributed by atoms with Gasteiger partial charge in [0.1, 0.15) is 0 Å². The van der Waals surface area contributed by atoms with Gasteiger partial charge in [-0.2, -0.15) is 11.8 Å². The van der Waals surface area contributed by atoms with Gasteiger partial charge in [-0.15, -0.1) is 0 Å². The molecule has 0 aliphatic rings. The van der Waals surface area contributed by atoms with E-state index in [9.17, 15) is 0 Å². The van der Waals surface area contributed by atoms with Crippen molar-refractivity contribution >= 4 is 17.4 Å². The Morgan fingerprint density at radius 3 is 2.50 bits per heavy atom. The lowest BCUT2D eigenvalue weighted by molar-refractivity contribution is 0.636. The maximum absolute atomic E-state index is 3.47. The predicted octanol–water partition coefficient (Wildman–Crippen LogP) is 4.27. The van der Waals surface area contributed by atoms with Crippen molar-refractivity contribution in [3.63, 3.8) is 0 Å². The van der Waals surface area contributed by atoms with Crippen LogP contribution in [0.3, 0.4) is 0 Å². The Morgan fingerprint density at radius 1 is 1.19 bits per heavy atom. The van der Waals surface area contributed by atoms with Gasteiger partial charge in [-0.1, -0.05) is 45.4 Å². The smallest absolute Gasteiger partial charge is 0.0340 e. The second-order valence-corrected chi connectivity index (χ2v) is 5.88. The molecule has 2 unspecified atom stereocenters. The van der Waals surface area contributed by atoms with Crippen LogP contribution in [0.1, 0.15) is 27.2 Å². The van der Waals surface area contributed by atoms with E-state index in [1.165, 1.54) is 17.9 Å². The molecule has 0 bridgehead atoms. The second-order valence-electron chi connectivity index (χ2n) is 4.40. The Kier molecular flexibility index (Phi) is 6.39. The van der Waals surface area contributed by atoms with Crippen LogP contribution in [0, 0.1) is 5.92 Å². The fourth-order valence-corrected chi connectivity index (χ4v) is 2.42. The highest BCUT2D eigenvalue weighted by molar-refractivity contribution is 7.99. The lowest BCUT2D eigenvalue weighted by Crippen LogP contribution is -2.14. The second kappa shape index (κ2) is 7.61. The van der Waals surface area contributed by atoms with E-state index in [0.717, 1.165) is 12.5 Å². The molecule has 1 aromatic carbocycles. The van der Waals surface area contributed by atoms with Crippen LogP contribution in [0.25, 0.3) is 0 Å². The number of hydrogen-bond acceptors (Lipinski definition) is 2. The van der Waals surface area contributed by atoms with E-state index < -0.39 is 0 Å². The van der Waals surface area contributed by atoms with E-state index >= 15 is 0 Å². The Labute approximate surface area is 104 Å². The van der Waals surface area contributed by atoms with Crippen molar-refractivity contribution in [2.45, 2.75) is 32.4 Å². The van der Waals surface area contributed by atoms with Crippen LogP contribution >= 0.6 is 11.8 Å². The highest BCUT2D eigenvalue weighted by Gasteiger charge is 2.05. The highest BCUT2D eigenvalue weighted by Crippen LogP contribution is 2.17. The van der Waals surface area contributed by atoms with E-state index in [4.69, 9.17) is 0 Å². The van der Waals surface area contributed by atoms with E-state index in [0.29, 0.717) is 5.25 Å². The first kappa shape index (κ1) is 13.4. The van der Waals surface area contributed by atoms with Gasteiger partial charge in [0.05, 0.1) is 0 Å². The summed E-state index contributed by atoms with van der Waals surface area (Å²) in [4.78, 5) is 0. The van der Waals surface area contributed by atoms with Crippen LogP contribution in [-0.4, -0.2) is 17.5 Å². The standard InChI is InChI=1S/C14H23NS/c1-4-12(2)11-16-13(3)10-15-14-8-6-5-7-9-14/h5-9,12-13,15H,4,10-11H2,1-3H3. The molecule has 2 heteroatoms. The molecular formula is C14H23NS. The topological polar surface area (TPSA) is 12.0 Å². The SMILES string of the molecule is CCC(C)CSC(C)CNc1ccccc1. The summed E-state index contributed by atoms with van der Waals surface area (Å²) in [6.45, 7) is 7.93. The fourth-order valence-electron chi connectivity index (χ4n) is 1.32. The molecule has 0 saturated heterocycles. The summed E-state index contributed by atoms with van der Waals surface area (Å²) < 4.78 is 0. The van der Waals surface area contributed by atoms with Gasteiger partial charge in [-0.25, -0.2) is 0 Å². The van der Waals surface area contributed by atoms with Crippen LogP contribution in [0.15, 0.2) is 30.3 Å². The minimum Gasteiger partial charge on any atom is -0.384 e. The maximum Gasteiger partial charge on any atom is 0.0340 e. The Morgan fingerprint density at radius 2 is 1.88 bits per heavy atom.